The van der Waals surface area contributed by atoms with Crippen molar-refractivity contribution in [3.63, 3.8) is 0 Å². The fraction of sp³-hybridized carbons (Fsp3) is 0.250. The van der Waals surface area contributed by atoms with Gasteiger partial charge in [0.1, 0.15) is 10.8 Å². The number of aryl methyl sites for hydroxylation is 1. The van der Waals surface area contributed by atoms with Crippen LogP contribution in [0, 0.1) is 0 Å². The number of methoxy groups -OCH3 is 1. The predicted molar refractivity (Wildman–Crippen MR) is 126 cm³/mol. The van der Waals surface area contributed by atoms with Gasteiger partial charge in [-0.15, -0.1) is 11.3 Å². The molecule has 1 heterocycles. The fourth-order valence-electron chi connectivity index (χ4n) is 3.74. The molecule has 4 rings (SSSR count). The van der Waals surface area contributed by atoms with Crippen molar-refractivity contribution in [1.29, 1.82) is 0 Å². The second-order valence-corrected chi connectivity index (χ2v) is 8.93. The van der Waals surface area contributed by atoms with Crippen LogP contribution in [0.1, 0.15) is 39.2 Å². The summed E-state index contributed by atoms with van der Waals surface area (Å²) in [6.45, 7) is 0. The summed E-state index contributed by atoms with van der Waals surface area (Å²) in [6.07, 6.45) is 4.12. The second-order valence-electron chi connectivity index (χ2n) is 7.42. The van der Waals surface area contributed by atoms with Crippen molar-refractivity contribution in [3.05, 3.63) is 75.1 Å². The molecular weight excluding hydrogens is 432 g/mol. The molecule has 2 N–H and O–H groups in total. The summed E-state index contributed by atoms with van der Waals surface area (Å²) in [5.41, 5.74) is 3.03. The van der Waals surface area contributed by atoms with Crippen molar-refractivity contribution in [2.75, 3.05) is 17.7 Å². The van der Waals surface area contributed by atoms with Gasteiger partial charge < -0.3 is 15.4 Å². The van der Waals surface area contributed by atoms with E-state index in [1.54, 1.807) is 19.2 Å². The Balaban J connectivity index is 1.56. The molecule has 0 atom stereocenters. The summed E-state index contributed by atoms with van der Waals surface area (Å²) >= 11 is 7.72. The first-order chi connectivity index (χ1) is 15.0. The Morgan fingerprint density at radius 2 is 1.77 bits per heavy atom. The van der Waals surface area contributed by atoms with Gasteiger partial charge in [0, 0.05) is 4.88 Å². The molecule has 2 aromatic carbocycles. The van der Waals surface area contributed by atoms with E-state index >= 15 is 0 Å². The number of hydrogen-bond donors (Lipinski definition) is 2. The largest absolute Gasteiger partial charge is 0.497 e. The minimum Gasteiger partial charge on any atom is -0.497 e. The lowest BCUT2D eigenvalue weighted by Crippen LogP contribution is -2.19. The third-order valence-electron chi connectivity index (χ3n) is 5.30. The highest BCUT2D eigenvalue weighted by Gasteiger charge is 2.26. The molecule has 7 heteroatoms. The van der Waals surface area contributed by atoms with Gasteiger partial charge in [0.25, 0.3) is 5.91 Å². The zero-order chi connectivity index (χ0) is 21.8. The number of benzene rings is 2. The Morgan fingerprint density at radius 1 is 1.03 bits per heavy atom. The van der Waals surface area contributed by atoms with Crippen molar-refractivity contribution in [1.82, 2.24) is 0 Å². The molecule has 0 saturated carbocycles. The minimum absolute atomic E-state index is 0.157. The van der Waals surface area contributed by atoms with Gasteiger partial charge in [-0.1, -0.05) is 35.9 Å². The SMILES string of the molecule is COc1ccc(CC(=O)Nc2sc3c(c2C(=O)Nc2ccccc2Cl)CCCC3)cc1. The van der Waals surface area contributed by atoms with Crippen LogP contribution in [0.4, 0.5) is 10.7 Å². The van der Waals surface area contributed by atoms with Gasteiger partial charge in [0.05, 0.1) is 29.8 Å². The van der Waals surface area contributed by atoms with Crippen molar-refractivity contribution in [2.45, 2.75) is 32.1 Å². The number of ether oxygens (including phenoxy) is 1. The first-order valence-electron chi connectivity index (χ1n) is 10.2. The summed E-state index contributed by atoms with van der Waals surface area (Å²) in [4.78, 5) is 27.1. The van der Waals surface area contributed by atoms with Crippen LogP contribution in [-0.4, -0.2) is 18.9 Å². The van der Waals surface area contributed by atoms with E-state index in [1.807, 2.05) is 36.4 Å². The summed E-state index contributed by atoms with van der Waals surface area (Å²) in [7, 11) is 1.61. The van der Waals surface area contributed by atoms with Crippen molar-refractivity contribution >= 4 is 45.4 Å². The Labute approximate surface area is 190 Å². The van der Waals surface area contributed by atoms with E-state index < -0.39 is 0 Å². The smallest absolute Gasteiger partial charge is 0.258 e. The Morgan fingerprint density at radius 3 is 2.52 bits per heavy atom. The molecule has 160 valence electrons. The zero-order valence-corrected chi connectivity index (χ0v) is 18.7. The van der Waals surface area contributed by atoms with Crippen molar-refractivity contribution < 1.29 is 14.3 Å². The van der Waals surface area contributed by atoms with E-state index in [2.05, 4.69) is 10.6 Å². The molecule has 5 nitrogen and oxygen atoms in total. The van der Waals surface area contributed by atoms with Gasteiger partial charge in [-0.05, 0) is 61.1 Å². The number of halogens is 1. The third kappa shape index (κ3) is 4.92. The monoisotopic (exact) mass is 454 g/mol. The molecule has 0 aliphatic heterocycles. The first kappa shape index (κ1) is 21.4. The molecule has 0 unspecified atom stereocenters. The third-order valence-corrected chi connectivity index (χ3v) is 6.83. The summed E-state index contributed by atoms with van der Waals surface area (Å²) in [6, 6.07) is 14.5. The average Bonchev–Trinajstić information content (AvgIpc) is 3.13. The van der Waals surface area contributed by atoms with Crippen LogP contribution in [0.25, 0.3) is 0 Å². The van der Waals surface area contributed by atoms with E-state index in [4.69, 9.17) is 16.3 Å². The molecule has 3 aromatic rings. The van der Waals surface area contributed by atoms with Crippen molar-refractivity contribution in [2.24, 2.45) is 0 Å². The molecule has 1 aliphatic rings. The van der Waals surface area contributed by atoms with Gasteiger partial charge in [0.15, 0.2) is 0 Å². The Bertz CT molecular complexity index is 1110. The molecule has 0 bridgehead atoms. The number of para-hydroxylation sites is 1. The average molecular weight is 455 g/mol. The van der Waals surface area contributed by atoms with E-state index in [1.165, 1.54) is 16.2 Å². The van der Waals surface area contributed by atoms with Gasteiger partial charge in [-0.2, -0.15) is 0 Å². The minimum atomic E-state index is -0.243. The van der Waals surface area contributed by atoms with Gasteiger partial charge in [0.2, 0.25) is 5.91 Å². The van der Waals surface area contributed by atoms with Gasteiger partial charge in [-0.3, -0.25) is 9.59 Å². The number of rotatable bonds is 6. The Hall–Kier alpha value is -2.83. The number of hydrogen-bond acceptors (Lipinski definition) is 4. The van der Waals surface area contributed by atoms with Crippen molar-refractivity contribution in [3.8, 4) is 5.75 Å². The molecule has 1 aliphatic carbocycles. The van der Waals surface area contributed by atoms with Gasteiger partial charge >= 0.3 is 0 Å². The van der Waals surface area contributed by atoms with E-state index in [-0.39, 0.29) is 18.2 Å². The number of anilines is 2. The summed E-state index contributed by atoms with van der Waals surface area (Å²) < 4.78 is 5.16. The highest BCUT2D eigenvalue weighted by Crippen LogP contribution is 2.39. The molecule has 0 fully saturated rings. The molecule has 0 saturated heterocycles. The van der Waals surface area contributed by atoms with Crippen LogP contribution in [0.5, 0.6) is 5.75 Å². The molecule has 1 aromatic heterocycles. The Kier molecular flexibility index (Phi) is 6.59. The van der Waals surface area contributed by atoms with Crippen LogP contribution in [0.3, 0.4) is 0 Å². The maximum Gasteiger partial charge on any atom is 0.258 e. The molecule has 2 amide bonds. The zero-order valence-electron chi connectivity index (χ0n) is 17.2. The van der Waals surface area contributed by atoms with Gasteiger partial charge in [-0.25, -0.2) is 0 Å². The van der Waals surface area contributed by atoms with Crippen LogP contribution in [0.15, 0.2) is 48.5 Å². The van der Waals surface area contributed by atoms with Crippen LogP contribution >= 0.6 is 22.9 Å². The maximum absolute atomic E-state index is 13.2. The highest BCUT2D eigenvalue weighted by molar-refractivity contribution is 7.17. The number of carbonyl (C=O) groups is 2. The summed E-state index contributed by atoms with van der Waals surface area (Å²) in [5, 5.41) is 6.97. The van der Waals surface area contributed by atoms with Crippen LogP contribution in [-0.2, 0) is 24.1 Å². The molecule has 31 heavy (non-hydrogen) atoms. The lowest BCUT2D eigenvalue weighted by atomic mass is 9.95. The lowest BCUT2D eigenvalue weighted by Gasteiger charge is -2.14. The van der Waals surface area contributed by atoms with E-state index in [0.29, 0.717) is 21.3 Å². The topological polar surface area (TPSA) is 67.4 Å². The number of fused-ring (bicyclic) bond motifs is 1. The molecular formula is C24H23ClN2O3S. The quantitative estimate of drug-likeness (QED) is 0.500. The van der Waals surface area contributed by atoms with E-state index in [0.717, 1.165) is 42.6 Å². The summed E-state index contributed by atoms with van der Waals surface area (Å²) in [5.74, 6) is 0.344. The normalized spacial score (nSPS) is 12.7. The lowest BCUT2D eigenvalue weighted by molar-refractivity contribution is -0.115. The van der Waals surface area contributed by atoms with E-state index in [9.17, 15) is 9.59 Å². The van der Waals surface area contributed by atoms with Crippen LogP contribution < -0.4 is 15.4 Å². The maximum atomic E-state index is 13.2. The second kappa shape index (κ2) is 9.54. The number of thiophene rings is 1. The standard InChI is InChI=1S/C24H23ClN2O3S/c1-30-16-12-10-15(11-13-16)14-21(28)27-24-22(17-6-2-5-9-20(17)31-24)23(29)26-19-8-4-3-7-18(19)25/h3-4,7-8,10-13H,2,5-6,9,14H2,1H3,(H,26,29)(H,27,28). The predicted octanol–water partition coefficient (Wildman–Crippen LogP) is 5.72. The number of nitrogens with one attached hydrogen (secondary N) is 2. The van der Waals surface area contributed by atoms with Crippen LogP contribution in [0.2, 0.25) is 5.02 Å². The highest BCUT2D eigenvalue weighted by atomic mass is 35.5. The fourth-order valence-corrected chi connectivity index (χ4v) is 5.23. The first-order valence-corrected chi connectivity index (χ1v) is 11.4. The molecule has 0 spiro atoms. The number of carbonyl (C=O) groups excluding carboxylic acids is 2. The molecule has 0 radical (unpaired) electrons. The number of amides is 2.